The van der Waals surface area contributed by atoms with Crippen molar-refractivity contribution >= 4 is 21.4 Å². The van der Waals surface area contributed by atoms with Gasteiger partial charge in [0, 0.05) is 30.8 Å². The fraction of sp³-hybridized carbons (Fsp3) is 0.348. The van der Waals surface area contributed by atoms with Gasteiger partial charge in [0.25, 0.3) is 5.69 Å². The Kier molecular flexibility index (Phi) is 6.64. The molecule has 0 atom stereocenters. The molecule has 3 aromatic rings. The van der Waals surface area contributed by atoms with E-state index in [4.69, 9.17) is 9.15 Å². The molecule has 0 bridgehead atoms. The third-order valence-corrected chi connectivity index (χ3v) is 7.14. The van der Waals surface area contributed by atoms with Crippen LogP contribution in [0.4, 0.5) is 11.6 Å². The summed E-state index contributed by atoms with van der Waals surface area (Å²) in [4.78, 5) is 17.0. The highest BCUT2D eigenvalue weighted by molar-refractivity contribution is 7.91. The molecule has 0 unspecified atom stereocenters. The highest BCUT2D eigenvalue weighted by atomic mass is 32.2. The van der Waals surface area contributed by atoms with Crippen LogP contribution in [0.25, 0.3) is 11.5 Å². The van der Waals surface area contributed by atoms with E-state index in [9.17, 15) is 18.5 Å². The van der Waals surface area contributed by atoms with Gasteiger partial charge in [-0.05, 0) is 50.1 Å². The number of non-ortho nitro benzene ring substituents is 1. The summed E-state index contributed by atoms with van der Waals surface area (Å²) < 4.78 is 38.5. The smallest absolute Gasteiger partial charge is 0.270 e. The molecule has 1 aliphatic heterocycles. The normalized spacial score (nSPS) is 14.6. The van der Waals surface area contributed by atoms with Gasteiger partial charge in [0.1, 0.15) is 5.75 Å². The first kappa shape index (κ1) is 22.8. The lowest BCUT2D eigenvalue weighted by Gasteiger charge is -2.20. The molecule has 33 heavy (non-hydrogen) atoms. The second kappa shape index (κ2) is 9.62. The molecule has 174 valence electrons. The van der Waals surface area contributed by atoms with E-state index < -0.39 is 14.8 Å². The van der Waals surface area contributed by atoms with Crippen LogP contribution in [0, 0.1) is 10.1 Å². The van der Waals surface area contributed by atoms with Gasteiger partial charge in [0.2, 0.25) is 26.6 Å². The Morgan fingerprint density at radius 3 is 2.42 bits per heavy atom. The Balaban J connectivity index is 1.81. The molecule has 0 amide bonds. The predicted octanol–water partition coefficient (Wildman–Crippen LogP) is 4.86. The van der Waals surface area contributed by atoms with E-state index in [2.05, 4.69) is 4.98 Å². The number of nitro benzene ring substituents is 1. The number of hydrogen-bond acceptors (Lipinski definition) is 8. The summed E-state index contributed by atoms with van der Waals surface area (Å²) in [6.07, 6.45) is 3.94. The van der Waals surface area contributed by atoms with E-state index >= 15 is 0 Å². The molecule has 2 aromatic carbocycles. The van der Waals surface area contributed by atoms with Crippen molar-refractivity contribution in [3.05, 3.63) is 58.6 Å². The lowest BCUT2D eigenvalue weighted by atomic mass is 10.2. The van der Waals surface area contributed by atoms with Gasteiger partial charge in [-0.1, -0.05) is 18.9 Å². The van der Waals surface area contributed by atoms with Crippen molar-refractivity contribution in [2.75, 3.05) is 24.6 Å². The fourth-order valence-electron chi connectivity index (χ4n) is 3.82. The highest BCUT2D eigenvalue weighted by Gasteiger charge is 2.32. The Bertz CT molecular complexity index is 1230. The molecule has 1 saturated heterocycles. The van der Waals surface area contributed by atoms with Crippen LogP contribution in [-0.4, -0.2) is 38.0 Å². The number of rotatable bonds is 7. The average molecular weight is 472 g/mol. The number of hydrogen-bond donors (Lipinski definition) is 0. The molecule has 9 nitrogen and oxygen atoms in total. The van der Waals surface area contributed by atoms with Gasteiger partial charge in [-0.3, -0.25) is 10.1 Å². The number of anilines is 1. The molecule has 0 saturated carbocycles. The van der Waals surface area contributed by atoms with Crippen molar-refractivity contribution in [3.63, 3.8) is 0 Å². The SMILES string of the molecule is CCOc1ccc(S(=O)(=O)c2nc(-c3cccc([N+](=O)[O-])c3)oc2N2CCCCCC2)cc1. The van der Waals surface area contributed by atoms with Crippen LogP contribution in [0.2, 0.25) is 0 Å². The summed E-state index contributed by atoms with van der Waals surface area (Å²) in [6, 6.07) is 12.0. The van der Waals surface area contributed by atoms with Gasteiger partial charge in [-0.15, -0.1) is 0 Å². The number of oxazole rings is 1. The van der Waals surface area contributed by atoms with Gasteiger partial charge in [0.05, 0.1) is 16.4 Å². The van der Waals surface area contributed by atoms with Crippen LogP contribution >= 0.6 is 0 Å². The predicted molar refractivity (Wildman–Crippen MR) is 122 cm³/mol. The number of benzene rings is 2. The molecule has 4 rings (SSSR count). The minimum Gasteiger partial charge on any atom is -0.494 e. The molecule has 1 aromatic heterocycles. The minimum atomic E-state index is -4.01. The Morgan fingerprint density at radius 2 is 1.79 bits per heavy atom. The summed E-state index contributed by atoms with van der Waals surface area (Å²) in [5, 5.41) is 11.0. The third-order valence-electron chi connectivity index (χ3n) is 5.48. The molecule has 0 N–H and O–H groups in total. The quantitative estimate of drug-likeness (QED) is 0.354. The molecule has 1 aliphatic rings. The van der Waals surface area contributed by atoms with Gasteiger partial charge < -0.3 is 14.1 Å². The standard InChI is InChI=1S/C23H25N3O6S/c1-2-31-19-10-12-20(13-11-19)33(29,30)22-23(25-14-5-3-4-6-15-25)32-21(24-22)17-8-7-9-18(16-17)26(27)28/h7-13,16H,2-6,14-15H2,1H3. The van der Waals surface area contributed by atoms with Crippen molar-refractivity contribution < 1.29 is 22.5 Å². The van der Waals surface area contributed by atoms with Gasteiger partial charge in [-0.25, -0.2) is 8.42 Å². The van der Waals surface area contributed by atoms with E-state index in [0.717, 1.165) is 25.7 Å². The van der Waals surface area contributed by atoms with Crippen LogP contribution in [0.5, 0.6) is 5.75 Å². The molecular formula is C23H25N3O6S. The number of nitro groups is 1. The minimum absolute atomic E-state index is 0.0301. The van der Waals surface area contributed by atoms with Crippen LogP contribution < -0.4 is 9.64 Å². The summed E-state index contributed by atoms with van der Waals surface area (Å²) >= 11 is 0. The van der Waals surface area contributed by atoms with Crippen molar-refractivity contribution in [2.45, 2.75) is 42.5 Å². The number of sulfone groups is 1. The zero-order chi connectivity index (χ0) is 23.4. The second-order valence-electron chi connectivity index (χ2n) is 7.75. The average Bonchev–Trinajstić information content (AvgIpc) is 3.10. The molecule has 0 spiro atoms. The first-order valence-corrected chi connectivity index (χ1v) is 12.4. The fourth-order valence-corrected chi connectivity index (χ4v) is 5.14. The zero-order valence-electron chi connectivity index (χ0n) is 18.3. The molecule has 2 heterocycles. The van der Waals surface area contributed by atoms with Crippen molar-refractivity contribution in [1.29, 1.82) is 0 Å². The molecule has 0 radical (unpaired) electrons. The maximum Gasteiger partial charge on any atom is 0.270 e. The lowest BCUT2D eigenvalue weighted by Crippen LogP contribution is -2.25. The number of ether oxygens (including phenoxy) is 1. The molecule has 10 heteroatoms. The summed E-state index contributed by atoms with van der Waals surface area (Å²) in [5.41, 5.74) is 0.214. The number of nitrogens with zero attached hydrogens (tertiary/aromatic N) is 3. The Labute approximate surface area is 192 Å². The first-order chi connectivity index (χ1) is 15.9. The summed E-state index contributed by atoms with van der Waals surface area (Å²) in [7, 11) is -4.01. The van der Waals surface area contributed by atoms with E-state index in [1.165, 1.54) is 30.3 Å². The summed E-state index contributed by atoms with van der Waals surface area (Å²) in [6.45, 7) is 3.62. The van der Waals surface area contributed by atoms with E-state index in [0.29, 0.717) is 31.0 Å². The van der Waals surface area contributed by atoms with E-state index in [1.54, 1.807) is 18.2 Å². The Morgan fingerprint density at radius 1 is 1.09 bits per heavy atom. The Hall–Kier alpha value is -3.40. The first-order valence-electron chi connectivity index (χ1n) is 10.9. The zero-order valence-corrected chi connectivity index (χ0v) is 19.1. The monoisotopic (exact) mass is 471 g/mol. The van der Waals surface area contributed by atoms with E-state index in [1.807, 2.05) is 11.8 Å². The molecule has 0 aliphatic carbocycles. The van der Waals surface area contributed by atoms with Crippen molar-refractivity contribution in [3.8, 4) is 17.2 Å². The molecular weight excluding hydrogens is 446 g/mol. The van der Waals surface area contributed by atoms with Gasteiger partial charge in [-0.2, -0.15) is 4.98 Å². The maximum absolute atomic E-state index is 13.6. The van der Waals surface area contributed by atoms with E-state index in [-0.39, 0.29) is 27.4 Å². The van der Waals surface area contributed by atoms with Crippen LogP contribution in [0.1, 0.15) is 32.6 Å². The maximum atomic E-state index is 13.6. The second-order valence-corrected chi connectivity index (χ2v) is 9.61. The van der Waals surface area contributed by atoms with Crippen LogP contribution in [-0.2, 0) is 9.84 Å². The van der Waals surface area contributed by atoms with Crippen molar-refractivity contribution in [1.82, 2.24) is 4.98 Å². The third kappa shape index (κ3) is 4.85. The lowest BCUT2D eigenvalue weighted by molar-refractivity contribution is -0.384. The highest BCUT2D eigenvalue weighted by Crippen LogP contribution is 2.36. The van der Waals surface area contributed by atoms with Gasteiger partial charge in [0.15, 0.2) is 0 Å². The van der Waals surface area contributed by atoms with Gasteiger partial charge >= 0.3 is 0 Å². The topological polar surface area (TPSA) is 116 Å². The van der Waals surface area contributed by atoms with Crippen LogP contribution in [0.15, 0.2) is 62.9 Å². The van der Waals surface area contributed by atoms with Crippen molar-refractivity contribution in [2.24, 2.45) is 0 Å². The largest absolute Gasteiger partial charge is 0.494 e. The number of aromatic nitrogens is 1. The summed E-state index contributed by atoms with van der Waals surface area (Å²) in [5.74, 6) is 0.774. The van der Waals surface area contributed by atoms with Crippen LogP contribution in [0.3, 0.4) is 0 Å². The molecule has 1 fully saturated rings.